The molecular formula is C12H15BrO. The number of fused-ring (bicyclic) bond motifs is 1. The first-order chi connectivity index (χ1) is 6.70. The molecule has 0 aromatic heterocycles. The van der Waals surface area contributed by atoms with Crippen LogP contribution in [0, 0.1) is 13.8 Å². The van der Waals surface area contributed by atoms with E-state index in [4.69, 9.17) is 4.74 Å². The lowest BCUT2D eigenvalue weighted by molar-refractivity contribution is 0.145. The van der Waals surface area contributed by atoms with Gasteiger partial charge in [-0.3, -0.25) is 0 Å². The van der Waals surface area contributed by atoms with Crippen molar-refractivity contribution in [3.63, 3.8) is 0 Å². The second-order valence-corrected chi connectivity index (χ2v) is 4.99. The first-order valence-corrected chi connectivity index (χ1v) is 5.92. The van der Waals surface area contributed by atoms with Gasteiger partial charge in [0.25, 0.3) is 0 Å². The number of rotatable bonds is 0. The van der Waals surface area contributed by atoms with Gasteiger partial charge in [0, 0.05) is 0 Å². The van der Waals surface area contributed by atoms with Gasteiger partial charge in [-0.2, -0.15) is 0 Å². The van der Waals surface area contributed by atoms with E-state index in [2.05, 4.69) is 41.9 Å². The van der Waals surface area contributed by atoms with E-state index in [1.165, 1.54) is 22.3 Å². The van der Waals surface area contributed by atoms with Crippen LogP contribution in [0.3, 0.4) is 0 Å². The van der Waals surface area contributed by atoms with Crippen molar-refractivity contribution in [3.05, 3.63) is 34.4 Å². The maximum Gasteiger partial charge on any atom is 0.0634 e. The zero-order valence-electron chi connectivity index (χ0n) is 8.64. The van der Waals surface area contributed by atoms with Gasteiger partial charge in [0.1, 0.15) is 0 Å². The Morgan fingerprint density at radius 3 is 2.79 bits per heavy atom. The Hall–Kier alpha value is -0.340. The van der Waals surface area contributed by atoms with Crippen LogP contribution in [0.2, 0.25) is 0 Å². The maximum atomic E-state index is 5.55. The number of benzene rings is 1. The molecule has 0 saturated heterocycles. The summed E-state index contributed by atoms with van der Waals surface area (Å²) in [5, 5.41) is 0. The monoisotopic (exact) mass is 254 g/mol. The second-order valence-electron chi connectivity index (χ2n) is 3.88. The third kappa shape index (κ3) is 1.73. The summed E-state index contributed by atoms with van der Waals surface area (Å²) in [6.07, 6.45) is 1.05. The second kappa shape index (κ2) is 4.03. The Kier molecular flexibility index (Phi) is 2.93. The van der Waals surface area contributed by atoms with E-state index >= 15 is 0 Å². The topological polar surface area (TPSA) is 9.23 Å². The summed E-state index contributed by atoms with van der Waals surface area (Å²) in [5.74, 6) is 0. The highest BCUT2D eigenvalue weighted by atomic mass is 79.9. The minimum absolute atomic E-state index is 0.361. The minimum atomic E-state index is 0.361. The molecular weight excluding hydrogens is 240 g/mol. The molecule has 1 aromatic rings. The lowest BCUT2D eigenvalue weighted by Gasteiger charge is -2.15. The molecule has 76 valence electrons. The maximum absolute atomic E-state index is 5.55. The summed E-state index contributed by atoms with van der Waals surface area (Å²) in [6.45, 7) is 6.00. The van der Waals surface area contributed by atoms with Gasteiger partial charge in [0.2, 0.25) is 0 Å². The normalized spacial score (nSPS) is 21.5. The van der Waals surface area contributed by atoms with Crippen LogP contribution in [0.5, 0.6) is 0 Å². The Bertz CT molecular complexity index is 346. The van der Waals surface area contributed by atoms with Crippen molar-refractivity contribution < 1.29 is 4.74 Å². The highest BCUT2D eigenvalue weighted by Gasteiger charge is 2.19. The minimum Gasteiger partial charge on any atom is -0.380 e. The van der Waals surface area contributed by atoms with E-state index in [0.717, 1.165) is 19.6 Å². The van der Waals surface area contributed by atoms with Gasteiger partial charge in [-0.25, -0.2) is 0 Å². The predicted octanol–water partition coefficient (Wildman–Crippen LogP) is 3.31. The predicted molar refractivity (Wildman–Crippen MR) is 62.1 cm³/mol. The first-order valence-electron chi connectivity index (χ1n) is 5.01. The third-order valence-corrected chi connectivity index (χ3v) is 3.61. The van der Waals surface area contributed by atoms with Gasteiger partial charge in [-0.15, -0.1) is 0 Å². The highest BCUT2D eigenvalue weighted by Crippen LogP contribution is 2.33. The summed E-state index contributed by atoms with van der Waals surface area (Å²) in [7, 11) is 0. The SMILES string of the molecule is Cc1ccc(C)c2c1CCOCC2Br. The number of ether oxygens (including phenoxy) is 1. The summed E-state index contributed by atoms with van der Waals surface area (Å²) in [4.78, 5) is 0.361. The van der Waals surface area contributed by atoms with E-state index in [-0.39, 0.29) is 0 Å². The van der Waals surface area contributed by atoms with Crippen molar-refractivity contribution >= 4 is 15.9 Å². The van der Waals surface area contributed by atoms with Gasteiger partial charge in [-0.1, -0.05) is 28.1 Å². The number of alkyl halides is 1. The molecule has 0 fully saturated rings. The van der Waals surface area contributed by atoms with Crippen LogP contribution in [0.15, 0.2) is 12.1 Å². The van der Waals surface area contributed by atoms with Crippen molar-refractivity contribution in [2.24, 2.45) is 0 Å². The molecule has 0 radical (unpaired) electrons. The van der Waals surface area contributed by atoms with Crippen molar-refractivity contribution in [3.8, 4) is 0 Å². The zero-order chi connectivity index (χ0) is 10.1. The molecule has 1 aliphatic heterocycles. The van der Waals surface area contributed by atoms with Crippen molar-refractivity contribution in [2.75, 3.05) is 13.2 Å². The molecule has 1 aliphatic rings. The molecule has 1 aromatic carbocycles. The Labute approximate surface area is 93.6 Å². The average molecular weight is 255 g/mol. The van der Waals surface area contributed by atoms with Crippen LogP contribution >= 0.6 is 15.9 Å². The van der Waals surface area contributed by atoms with Crippen LogP contribution in [0.4, 0.5) is 0 Å². The molecule has 1 heterocycles. The van der Waals surface area contributed by atoms with Gasteiger partial charge in [-0.05, 0) is 42.5 Å². The summed E-state index contributed by atoms with van der Waals surface area (Å²) in [6, 6.07) is 4.41. The molecule has 2 rings (SSSR count). The Balaban J connectivity index is 2.57. The van der Waals surface area contributed by atoms with E-state index in [1.54, 1.807) is 0 Å². The van der Waals surface area contributed by atoms with Crippen LogP contribution in [-0.4, -0.2) is 13.2 Å². The van der Waals surface area contributed by atoms with Crippen molar-refractivity contribution in [2.45, 2.75) is 25.1 Å². The fourth-order valence-corrected chi connectivity index (χ4v) is 2.93. The number of hydrogen-bond donors (Lipinski definition) is 0. The van der Waals surface area contributed by atoms with Crippen LogP contribution in [-0.2, 0) is 11.2 Å². The van der Waals surface area contributed by atoms with Crippen molar-refractivity contribution in [1.82, 2.24) is 0 Å². The molecule has 1 unspecified atom stereocenters. The molecule has 0 aliphatic carbocycles. The average Bonchev–Trinajstić information content (AvgIpc) is 2.35. The van der Waals surface area contributed by atoms with E-state index < -0.39 is 0 Å². The quantitative estimate of drug-likeness (QED) is 0.646. The fourth-order valence-electron chi connectivity index (χ4n) is 2.10. The summed E-state index contributed by atoms with van der Waals surface area (Å²) >= 11 is 3.70. The van der Waals surface area contributed by atoms with Crippen molar-refractivity contribution in [1.29, 1.82) is 0 Å². The lowest BCUT2D eigenvalue weighted by Crippen LogP contribution is -2.02. The third-order valence-electron chi connectivity index (χ3n) is 2.88. The fraction of sp³-hybridized carbons (Fsp3) is 0.500. The molecule has 1 atom stereocenters. The first kappa shape index (κ1) is 10.2. The lowest BCUT2D eigenvalue weighted by atomic mass is 9.94. The molecule has 0 N–H and O–H groups in total. The van der Waals surface area contributed by atoms with Crippen LogP contribution in [0.1, 0.15) is 27.1 Å². The molecule has 0 saturated carbocycles. The Morgan fingerprint density at radius 1 is 1.29 bits per heavy atom. The van der Waals surface area contributed by atoms with E-state index in [9.17, 15) is 0 Å². The van der Waals surface area contributed by atoms with E-state index in [1.807, 2.05) is 0 Å². The zero-order valence-corrected chi connectivity index (χ0v) is 10.2. The standard InChI is InChI=1S/C12H15BrO/c1-8-3-4-9(2)12-10(8)5-6-14-7-11(12)13/h3-4,11H,5-7H2,1-2H3. The smallest absolute Gasteiger partial charge is 0.0634 e. The van der Waals surface area contributed by atoms with Gasteiger partial charge < -0.3 is 4.74 Å². The molecule has 0 bridgehead atoms. The van der Waals surface area contributed by atoms with E-state index in [0.29, 0.717) is 4.83 Å². The molecule has 0 amide bonds. The molecule has 14 heavy (non-hydrogen) atoms. The molecule has 2 heteroatoms. The summed E-state index contributed by atoms with van der Waals surface area (Å²) < 4.78 is 5.55. The molecule has 0 spiro atoms. The van der Waals surface area contributed by atoms with Gasteiger partial charge in [0.05, 0.1) is 18.0 Å². The largest absolute Gasteiger partial charge is 0.380 e. The van der Waals surface area contributed by atoms with Crippen LogP contribution in [0.25, 0.3) is 0 Å². The van der Waals surface area contributed by atoms with Crippen LogP contribution < -0.4 is 0 Å². The summed E-state index contributed by atoms with van der Waals surface area (Å²) in [5.41, 5.74) is 5.69. The molecule has 1 nitrogen and oxygen atoms in total. The van der Waals surface area contributed by atoms with Gasteiger partial charge in [0.15, 0.2) is 0 Å². The Morgan fingerprint density at radius 2 is 2.00 bits per heavy atom. The number of halogens is 1. The highest BCUT2D eigenvalue weighted by molar-refractivity contribution is 9.09. The van der Waals surface area contributed by atoms with Gasteiger partial charge >= 0.3 is 0 Å². The number of hydrogen-bond acceptors (Lipinski definition) is 1. The number of aryl methyl sites for hydroxylation is 2.